The average molecular weight is 376 g/mol. The number of carboxylic acid groups (broad SMARTS) is 1. The molecular formula is C18H16N8O2. The molecule has 0 atom stereocenters. The topological polar surface area (TPSA) is 159 Å². The van der Waals surface area contributed by atoms with Crippen LogP contribution >= 0.6 is 0 Å². The van der Waals surface area contributed by atoms with E-state index in [1.807, 2.05) is 0 Å². The van der Waals surface area contributed by atoms with Crippen molar-refractivity contribution in [2.45, 2.75) is 12.8 Å². The Hall–Kier alpha value is -4.26. The molecule has 10 heteroatoms. The Morgan fingerprint density at radius 3 is 2.00 bits per heavy atom. The Bertz CT molecular complexity index is 968. The number of rotatable bonds is 9. The van der Waals surface area contributed by atoms with Gasteiger partial charge >= 0.3 is 5.97 Å². The Morgan fingerprint density at radius 1 is 0.929 bits per heavy atom. The minimum absolute atomic E-state index is 0.0365. The maximum atomic E-state index is 10.9. The van der Waals surface area contributed by atoms with Crippen LogP contribution in [0.25, 0.3) is 20.9 Å². The third-order valence-corrected chi connectivity index (χ3v) is 3.47. The second kappa shape index (κ2) is 10.7. The lowest BCUT2D eigenvalue weighted by Crippen LogP contribution is -1.99. The van der Waals surface area contributed by atoms with Crippen molar-refractivity contribution in [3.05, 3.63) is 81.2 Å². The van der Waals surface area contributed by atoms with Gasteiger partial charge in [-0.05, 0) is 47.3 Å². The third kappa shape index (κ3) is 6.93. The number of anilines is 1. The lowest BCUT2D eigenvalue weighted by molar-refractivity contribution is -0.136. The molecule has 0 bridgehead atoms. The van der Waals surface area contributed by atoms with E-state index in [0.29, 0.717) is 29.1 Å². The minimum Gasteiger partial charge on any atom is -0.481 e. The number of carbonyl (C=O) groups is 1. The minimum atomic E-state index is -0.906. The van der Waals surface area contributed by atoms with E-state index in [1.165, 1.54) is 0 Å². The van der Waals surface area contributed by atoms with Crippen LogP contribution in [-0.2, 0) is 4.79 Å². The molecule has 0 aliphatic heterocycles. The maximum Gasteiger partial charge on any atom is 0.303 e. The molecule has 0 unspecified atom stereocenters. The van der Waals surface area contributed by atoms with Gasteiger partial charge in [-0.15, -0.1) is 0 Å². The van der Waals surface area contributed by atoms with Gasteiger partial charge in [0.2, 0.25) is 0 Å². The zero-order valence-electron chi connectivity index (χ0n) is 14.7. The zero-order valence-corrected chi connectivity index (χ0v) is 14.7. The molecule has 0 aliphatic rings. The first-order chi connectivity index (χ1) is 13.6. The molecule has 140 valence electrons. The number of nitrogens with one attached hydrogen (secondary N) is 1. The predicted molar refractivity (Wildman–Crippen MR) is 107 cm³/mol. The summed E-state index contributed by atoms with van der Waals surface area (Å²) in [5.74, 6) is -0.906. The summed E-state index contributed by atoms with van der Waals surface area (Å²) in [5.41, 5.74) is 19.9. The first-order valence-corrected chi connectivity index (χ1v) is 8.12. The molecule has 2 aromatic carbocycles. The molecule has 0 aromatic heterocycles. The SMILES string of the molecule is [N-]=[N+]=Nc1ccc(/N=C/C(=C/Nc2ccc(N=[N+]=[N-])cc2)CCC(=O)O)cc1. The van der Waals surface area contributed by atoms with Gasteiger partial charge in [-0.1, -0.05) is 34.5 Å². The fraction of sp³-hybridized carbons (Fsp3) is 0.111. The van der Waals surface area contributed by atoms with Crippen molar-refractivity contribution < 1.29 is 9.90 Å². The van der Waals surface area contributed by atoms with Gasteiger partial charge in [-0.2, -0.15) is 0 Å². The molecular weight excluding hydrogens is 360 g/mol. The molecule has 2 aromatic rings. The van der Waals surface area contributed by atoms with E-state index in [2.05, 4.69) is 30.4 Å². The highest BCUT2D eigenvalue weighted by Crippen LogP contribution is 2.20. The van der Waals surface area contributed by atoms with Gasteiger partial charge in [0, 0.05) is 45.7 Å². The maximum absolute atomic E-state index is 10.9. The van der Waals surface area contributed by atoms with Gasteiger partial charge in [-0.3, -0.25) is 9.79 Å². The van der Waals surface area contributed by atoms with Gasteiger partial charge in [0.1, 0.15) is 0 Å². The van der Waals surface area contributed by atoms with E-state index < -0.39 is 5.97 Å². The van der Waals surface area contributed by atoms with E-state index in [9.17, 15) is 4.79 Å². The third-order valence-electron chi connectivity index (χ3n) is 3.47. The number of azide groups is 2. The van der Waals surface area contributed by atoms with Crippen LogP contribution in [0, 0.1) is 0 Å². The summed E-state index contributed by atoms with van der Waals surface area (Å²) in [6.07, 6.45) is 3.50. The van der Waals surface area contributed by atoms with Crippen LogP contribution in [0.1, 0.15) is 12.8 Å². The zero-order chi connectivity index (χ0) is 20.2. The van der Waals surface area contributed by atoms with Crippen molar-refractivity contribution in [2.24, 2.45) is 15.2 Å². The Balaban J connectivity index is 2.13. The predicted octanol–water partition coefficient (Wildman–Crippen LogP) is 6.13. The normalized spacial score (nSPS) is 10.8. The van der Waals surface area contributed by atoms with Crippen LogP contribution in [0.3, 0.4) is 0 Å². The summed E-state index contributed by atoms with van der Waals surface area (Å²) < 4.78 is 0. The number of allylic oxidation sites excluding steroid dienone is 1. The number of aliphatic imine (C=N–C) groups is 1. The van der Waals surface area contributed by atoms with Gasteiger partial charge in [0.25, 0.3) is 0 Å². The standard InChI is InChI=1S/C18H16N8O2/c19-25-23-16-6-2-14(3-7-16)21-11-13(1-10-18(27)28)12-22-15-4-8-17(9-5-15)24-26-20/h2-9,11-12,21H,1,10H2,(H,27,28)/b13-11+,22-12+. The number of carboxylic acids is 1. The molecule has 10 nitrogen and oxygen atoms in total. The molecule has 0 saturated carbocycles. The van der Waals surface area contributed by atoms with Crippen LogP contribution in [0.2, 0.25) is 0 Å². The van der Waals surface area contributed by atoms with Crippen LogP contribution < -0.4 is 5.32 Å². The summed E-state index contributed by atoms with van der Waals surface area (Å²) >= 11 is 0. The van der Waals surface area contributed by atoms with Gasteiger partial charge < -0.3 is 10.4 Å². The van der Waals surface area contributed by atoms with Gasteiger partial charge in [0.05, 0.1) is 5.69 Å². The van der Waals surface area contributed by atoms with Crippen molar-refractivity contribution >= 4 is 34.9 Å². The van der Waals surface area contributed by atoms with Gasteiger partial charge in [-0.25, -0.2) is 0 Å². The first kappa shape index (κ1) is 20.1. The molecule has 0 aliphatic carbocycles. The van der Waals surface area contributed by atoms with Crippen molar-refractivity contribution in [3.63, 3.8) is 0 Å². The highest BCUT2D eigenvalue weighted by Gasteiger charge is 2.01. The fourth-order valence-corrected chi connectivity index (χ4v) is 2.09. The Kier molecular flexibility index (Phi) is 7.64. The molecule has 0 radical (unpaired) electrons. The lowest BCUT2D eigenvalue weighted by Gasteiger charge is -2.04. The highest BCUT2D eigenvalue weighted by atomic mass is 16.4. The fourth-order valence-electron chi connectivity index (χ4n) is 2.09. The Morgan fingerprint density at radius 2 is 1.46 bits per heavy atom. The Labute approximate surface area is 160 Å². The summed E-state index contributed by atoms with van der Waals surface area (Å²) in [6.45, 7) is 0. The number of benzene rings is 2. The number of hydrogen-bond donors (Lipinski definition) is 2. The summed E-state index contributed by atoms with van der Waals surface area (Å²) in [6, 6.07) is 13.4. The number of aliphatic carboxylic acids is 1. The smallest absolute Gasteiger partial charge is 0.303 e. The van der Waals surface area contributed by atoms with E-state index in [-0.39, 0.29) is 6.42 Å². The van der Waals surface area contributed by atoms with Crippen molar-refractivity contribution in [2.75, 3.05) is 5.32 Å². The van der Waals surface area contributed by atoms with Crippen molar-refractivity contribution in [1.82, 2.24) is 0 Å². The second-order valence-electron chi connectivity index (χ2n) is 5.46. The van der Waals surface area contributed by atoms with Crippen LogP contribution in [0.15, 0.2) is 75.5 Å². The lowest BCUT2D eigenvalue weighted by atomic mass is 10.1. The molecule has 0 fully saturated rings. The summed E-state index contributed by atoms with van der Waals surface area (Å²) in [7, 11) is 0. The van der Waals surface area contributed by atoms with Crippen molar-refractivity contribution in [3.8, 4) is 0 Å². The quantitative estimate of drug-likeness (QED) is 0.233. The first-order valence-electron chi connectivity index (χ1n) is 8.12. The van der Waals surface area contributed by atoms with Crippen LogP contribution in [0.5, 0.6) is 0 Å². The summed E-state index contributed by atoms with van der Waals surface area (Å²) in [4.78, 5) is 20.6. The molecule has 0 saturated heterocycles. The second-order valence-corrected chi connectivity index (χ2v) is 5.46. The molecule has 28 heavy (non-hydrogen) atoms. The molecule has 2 rings (SSSR count). The summed E-state index contributed by atoms with van der Waals surface area (Å²) in [5, 5.41) is 19.0. The van der Waals surface area contributed by atoms with Gasteiger partial charge in [0.15, 0.2) is 0 Å². The largest absolute Gasteiger partial charge is 0.481 e. The van der Waals surface area contributed by atoms with Crippen LogP contribution in [0.4, 0.5) is 22.7 Å². The number of nitrogens with zero attached hydrogens (tertiary/aromatic N) is 7. The molecule has 2 N–H and O–H groups in total. The number of hydrogen-bond acceptors (Lipinski definition) is 5. The average Bonchev–Trinajstić information content (AvgIpc) is 2.70. The van der Waals surface area contributed by atoms with E-state index in [0.717, 1.165) is 5.69 Å². The molecule has 0 spiro atoms. The highest BCUT2D eigenvalue weighted by molar-refractivity contribution is 5.82. The molecule has 0 amide bonds. The molecule has 0 heterocycles. The van der Waals surface area contributed by atoms with E-state index >= 15 is 0 Å². The monoisotopic (exact) mass is 376 g/mol. The van der Waals surface area contributed by atoms with Crippen LogP contribution in [-0.4, -0.2) is 17.3 Å². The van der Waals surface area contributed by atoms with Crippen molar-refractivity contribution in [1.29, 1.82) is 0 Å². The van der Waals surface area contributed by atoms with E-state index in [4.69, 9.17) is 16.2 Å². The van der Waals surface area contributed by atoms with E-state index in [1.54, 1.807) is 60.9 Å².